The van der Waals surface area contributed by atoms with Crippen molar-refractivity contribution in [3.63, 3.8) is 0 Å². The van der Waals surface area contributed by atoms with Gasteiger partial charge in [-0.3, -0.25) is 4.21 Å². The van der Waals surface area contributed by atoms with Gasteiger partial charge in [-0.15, -0.1) is 0 Å². The van der Waals surface area contributed by atoms with E-state index in [0.717, 1.165) is 16.2 Å². The minimum Gasteiger partial charge on any atom is -0.497 e. The van der Waals surface area contributed by atoms with Crippen molar-refractivity contribution in [1.29, 1.82) is 0 Å². The van der Waals surface area contributed by atoms with E-state index in [1.165, 1.54) is 0 Å². The Bertz CT molecular complexity index is 308. The highest BCUT2D eigenvalue weighted by Crippen LogP contribution is 2.18. The summed E-state index contributed by atoms with van der Waals surface area (Å²) in [5.41, 5.74) is 1.07. The molecule has 0 heterocycles. The molecule has 0 fully saturated rings. The van der Waals surface area contributed by atoms with Gasteiger partial charge in [0, 0.05) is 22.0 Å². The average molecular weight is 214 g/mol. The molecular weight excluding hydrogens is 196 g/mol. The van der Waals surface area contributed by atoms with Crippen LogP contribution in [0.15, 0.2) is 23.1 Å². The number of hydrogen-bond donors (Lipinski definition) is 0. The van der Waals surface area contributed by atoms with E-state index in [9.17, 15) is 4.21 Å². The molecule has 0 aliphatic carbocycles. The molecule has 0 saturated heterocycles. The third kappa shape index (κ3) is 3.92. The van der Waals surface area contributed by atoms with Crippen molar-refractivity contribution in [2.24, 2.45) is 0 Å². The summed E-state index contributed by atoms with van der Waals surface area (Å²) >= 11 is 0. The summed E-state index contributed by atoms with van der Waals surface area (Å²) in [5, 5.41) is 0. The SMILES string of the molecule is CC.COc1cc(C)cc(S(C)=O)c1. The molecule has 0 N–H and O–H groups in total. The zero-order valence-electron chi connectivity index (χ0n) is 9.46. The Morgan fingerprint density at radius 1 is 1.21 bits per heavy atom. The minimum absolute atomic E-state index is 0.764. The number of rotatable bonds is 2. The van der Waals surface area contributed by atoms with Crippen LogP contribution in [-0.2, 0) is 10.8 Å². The first-order valence-corrected chi connectivity index (χ1v) is 6.18. The molecule has 1 rings (SSSR count). The van der Waals surface area contributed by atoms with Crippen molar-refractivity contribution in [2.75, 3.05) is 13.4 Å². The predicted octanol–water partition coefficient (Wildman–Crippen LogP) is 2.77. The molecule has 0 amide bonds. The lowest BCUT2D eigenvalue weighted by atomic mass is 10.2. The monoisotopic (exact) mass is 214 g/mol. The first-order chi connectivity index (χ1) is 6.63. The van der Waals surface area contributed by atoms with E-state index >= 15 is 0 Å². The van der Waals surface area contributed by atoms with Crippen LogP contribution in [-0.4, -0.2) is 17.6 Å². The van der Waals surface area contributed by atoms with Gasteiger partial charge in [0.25, 0.3) is 0 Å². The Morgan fingerprint density at radius 3 is 2.21 bits per heavy atom. The zero-order valence-corrected chi connectivity index (χ0v) is 10.3. The molecule has 0 aliphatic heterocycles. The van der Waals surface area contributed by atoms with Crippen LogP contribution >= 0.6 is 0 Å². The molecule has 14 heavy (non-hydrogen) atoms. The van der Waals surface area contributed by atoms with E-state index in [2.05, 4.69) is 0 Å². The van der Waals surface area contributed by atoms with Crippen molar-refractivity contribution >= 4 is 10.8 Å². The molecule has 0 radical (unpaired) electrons. The van der Waals surface area contributed by atoms with Gasteiger partial charge >= 0.3 is 0 Å². The number of methoxy groups -OCH3 is 1. The second kappa shape index (κ2) is 6.60. The van der Waals surface area contributed by atoms with Crippen LogP contribution in [0.2, 0.25) is 0 Å². The molecule has 0 aromatic heterocycles. The molecule has 3 heteroatoms. The van der Waals surface area contributed by atoms with Gasteiger partial charge in [0.15, 0.2) is 0 Å². The molecule has 1 atom stereocenters. The molecule has 0 aliphatic rings. The lowest BCUT2D eigenvalue weighted by molar-refractivity contribution is 0.413. The Kier molecular flexibility index (Phi) is 6.21. The maximum absolute atomic E-state index is 11.1. The minimum atomic E-state index is -0.931. The summed E-state index contributed by atoms with van der Waals surface area (Å²) < 4.78 is 16.2. The van der Waals surface area contributed by atoms with Crippen molar-refractivity contribution in [2.45, 2.75) is 25.7 Å². The van der Waals surface area contributed by atoms with Crippen molar-refractivity contribution in [1.82, 2.24) is 0 Å². The molecule has 1 unspecified atom stereocenters. The van der Waals surface area contributed by atoms with Gasteiger partial charge in [-0.25, -0.2) is 0 Å². The normalized spacial score (nSPS) is 11.2. The van der Waals surface area contributed by atoms with Gasteiger partial charge in [0.1, 0.15) is 5.75 Å². The van der Waals surface area contributed by atoms with Crippen molar-refractivity contribution in [3.8, 4) is 5.75 Å². The van der Waals surface area contributed by atoms with Crippen LogP contribution in [0.5, 0.6) is 5.75 Å². The first kappa shape index (κ1) is 13.2. The second-order valence-electron chi connectivity index (χ2n) is 2.64. The third-order valence-corrected chi connectivity index (χ3v) is 2.49. The highest BCUT2D eigenvalue weighted by molar-refractivity contribution is 7.84. The first-order valence-electron chi connectivity index (χ1n) is 4.62. The van der Waals surface area contributed by atoms with Gasteiger partial charge < -0.3 is 4.74 Å². The van der Waals surface area contributed by atoms with Crippen molar-refractivity contribution in [3.05, 3.63) is 23.8 Å². The predicted molar refractivity (Wildman–Crippen MR) is 61.4 cm³/mol. The van der Waals surface area contributed by atoms with Crippen LogP contribution in [0.25, 0.3) is 0 Å². The van der Waals surface area contributed by atoms with Gasteiger partial charge in [-0.05, 0) is 30.7 Å². The van der Waals surface area contributed by atoms with Crippen LogP contribution in [0.3, 0.4) is 0 Å². The van der Waals surface area contributed by atoms with E-state index in [0.29, 0.717) is 0 Å². The summed E-state index contributed by atoms with van der Waals surface area (Å²) in [6.45, 7) is 5.96. The molecule has 1 aromatic rings. The van der Waals surface area contributed by atoms with Crippen LogP contribution in [0.4, 0.5) is 0 Å². The largest absolute Gasteiger partial charge is 0.497 e. The van der Waals surface area contributed by atoms with E-state index in [1.54, 1.807) is 19.4 Å². The number of benzene rings is 1. The molecule has 2 nitrogen and oxygen atoms in total. The number of hydrogen-bond acceptors (Lipinski definition) is 2. The quantitative estimate of drug-likeness (QED) is 0.756. The number of ether oxygens (including phenoxy) is 1. The standard InChI is InChI=1S/C9H12O2S.C2H6/c1-7-4-8(11-2)6-9(5-7)12(3)10;1-2/h4-6H,1-3H3;1-2H3. The zero-order chi connectivity index (χ0) is 11.1. The van der Waals surface area contributed by atoms with E-state index in [4.69, 9.17) is 4.74 Å². The highest BCUT2D eigenvalue weighted by Gasteiger charge is 2.00. The Labute approximate surface area is 88.7 Å². The Morgan fingerprint density at radius 2 is 1.79 bits per heavy atom. The smallest absolute Gasteiger partial charge is 0.120 e. The molecular formula is C11H18O2S. The lowest BCUT2D eigenvalue weighted by Gasteiger charge is -2.03. The molecule has 0 spiro atoms. The highest BCUT2D eigenvalue weighted by atomic mass is 32.2. The summed E-state index contributed by atoms with van der Waals surface area (Å²) in [7, 11) is 0.677. The van der Waals surface area contributed by atoms with Gasteiger partial charge in [-0.2, -0.15) is 0 Å². The summed E-state index contributed by atoms with van der Waals surface area (Å²) in [5.74, 6) is 0.764. The van der Waals surface area contributed by atoms with Crippen LogP contribution < -0.4 is 4.74 Å². The summed E-state index contributed by atoms with van der Waals surface area (Å²) in [6.07, 6.45) is 1.66. The molecule has 1 aromatic carbocycles. The molecule has 0 bridgehead atoms. The van der Waals surface area contributed by atoms with Gasteiger partial charge in [0.2, 0.25) is 0 Å². The topological polar surface area (TPSA) is 26.3 Å². The van der Waals surface area contributed by atoms with Crippen molar-refractivity contribution < 1.29 is 8.95 Å². The summed E-state index contributed by atoms with van der Waals surface area (Å²) in [6, 6.07) is 5.61. The fourth-order valence-electron chi connectivity index (χ4n) is 0.998. The maximum Gasteiger partial charge on any atom is 0.120 e. The van der Waals surface area contributed by atoms with E-state index in [1.807, 2.05) is 32.9 Å². The van der Waals surface area contributed by atoms with Gasteiger partial charge in [0.05, 0.1) is 7.11 Å². The maximum atomic E-state index is 11.1. The average Bonchev–Trinajstić information content (AvgIpc) is 2.20. The lowest BCUT2D eigenvalue weighted by Crippen LogP contribution is -1.91. The van der Waals surface area contributed by atoms with E-state index < -0.39 is 10.8 Å². The number of aryl methyl sites for hydroxylation is 1. The fourth-order valence-corrected chi connectivity index (χ4v) is 1.63. The summed E-state index contributed by atoms with van der Waals surface area (Å²) in [4.78, 5) is 0.812. The molecule has 80 valence electrons. The van der Waals surface area contributed by atoms with E-state index in [-0.39, 0.29) is 0 Å². The second-order valence-corrected chi connectivity index (χ2v) is 4.02. The fraction of sp³-hybridized carbons (Fsp3) is 0.455. The third-order valence-electron chi connectivity index (χ3n) is 1.59. The Balaban J connectivity index is 0.000000791. The van der Waals surface area contributed by atoms with Crippen LogP contribution in [0, 0.1) is 6.92 Å². The van der Waals surface area contributed by atoms with Crippen LogP contribution in [0.1, 0.15) is 19.4 Å². The van der Waals surface area contributed by atoms with Gasteiger partial charge in [-0.1, -0.05) is 13.8 Å². The Hall–Kier alpha value is -0.830. The molecule has 0 saturated carbocycles.